The molecule has 144 valence electrons. The van der Waals surface area contributed by atoms with Gasteiger partial charge in [-0.2, -0.15) is 4.31 Å². The van der Waals surface area contributed by atoms with Gasteiger partial charge in [-0.1, -0.05) is 30.2 Å². The van der Waals surface area contributed by atoms with Crippen molar-refractivity contribution in [1.82, 2.24) is 15.2 Å². The van der Waals surface area contributed by atoms with Gasteiger partial charge in [0.05, 0.1) is 10.6 Å². The minimum atomic E-state index is -3.77. The number of hydrogen-bond acceptors (Lipinski definition) is 5. The summed E-state index contributed by atoms with van der Waals surface area (Å²) in [5.74, 6) is -1.62. The van der Waals surface area contributed by atoms with Gasteiger partial charge in [0.2, 0.25) is 5.09 Å². The molecule has 0 saturated carbocycles. The molecular formula is C17H18ClN3O5S. The van der Waals surface area contributed by atoms with Crippen molar-refractivity contribution in [2.24, 2.45) is 0 Å². The Bertz CT molecular complexity index is 951. The van der Waals surface area contributed by atoms with Crippen LogP contribution in [0.1, 0.15) is 40.2 Å². The van der Waals surface area contributed by atoms with E-state index in [9.17, 15) is 18.0 Å². The molecule has 1 aromatic heterocycles. The first-order valence-corrected chi connectivity index (χ1v) is 10.2. The van der Waals surface area contributed by atoms with E-state index in [0.717, 1.165) is 19.3 Å². The molecule has 1 aromatic carbocycles. The highest BCUT2D eigenvalue weighted by molar-refractivity contribution is 7.89. The highest BCUT2D eigenvalue weighted by atomic mass is 35.5. The maximum absolute atomic E-state index is 12.5. The Hall–Kier alpha value is -2.36. The lowest BCUT2D eigenvalue weighted by molar-refractivity contribution is 0.0827. The molecule has 2 heterocycles. The maximum atomic E-state index is 12.5. The standard InChI is InChI=1S/C17H18ClN3O5S/c18-13-7-3-2-6-12(13)16(22)19-20-17(23)14-8-9-15(26-14)27(24,25)21-10-4-1-5-11-21/h2-3,6-9H,1,4-5,10-11H2,(H,19,22)(H,20,23). The number of nitrogens with zero attached hydrogens (tertiary/aromatic N) is 1. The fourth-order valence-electron chi connectivity index (χ4n) is 2.70. The average molecular weight is 412 g/mol. The summed E-state index contributed by atoms with van der Waals surface area (Å²) in [6.45, 7) is 0.858. The molecule has 0 unspecified atom stereocenters. The van der Waals surface area contributed by atoms with Gasteiger partial charge in [-0.25, -0.2) is 8.42 Å². The van der Waals surface area contributed by atoms with Crippen LogP contribution in [0.25, 0.3) is 0 Å². The largest absolute Gasteiger partial charge is 0.438 e. The minimum absolute atomic E-state index is 0.187. The normalized spacial score (nSPS) is 15.3. The fourth-order valence-corrected chi connectivity index (χ4v) is 4.35. The third-order valence-electron chi connectivity index (χ3n) is 4.12. The van der Waals surface area contributed by atoms with Crippen LogP contribution in [0.2, 0.25) is 5.02 Å². The van der Waals surface area contributed by atoms with Crippen LogP contribution in [0.15, 0.2) is 45.9 Å². The van der Waals surface area contributed by atoms with Crippen molar-refractivity contribution in [3.05, 3.63) is 52.7 Å². The van der Waals surface area contributed by atoms with Gasteiger partial charge < -0.3 is 4.42 Å². The zero-order chi connectivity index (χ0) is 19.4. The first-order chi connectivity index (χ1) is 12.9. The van der Waals surface area contributed by atoms with Gasteiger partial charge in [0.1, 0.15) is 0 Å². The zero-order valence-corrected chi connectivity index (χ0v) is 15.8. The molecular weight excluding hydrogens is 394 g/mol. The average Bonchev–Trinajstić information content (AvgIpc) is 3.18. The quantitative estimate of drug-likeness (QED) is 0.749. The number of halogens is 1. The van der Waals surface area contributed by atoms with Gasteiger partial charge in [-0.05, 0) is 37.1 Å². The van der Waals surface area contributed by atoms with Crippen molar-refractivity contribution >= 4 is 33.4 Å². The molecule has 3 rings (SSSR count). The monoisotopic (exact) mass is 411 g/mol. The molecule has 0 aliphatic carbocycles. The van der Waals surface area contributed by atoms with Crippen molar-refractivity contribution in [3.8, 4) is 0 Å². The summed E-state index contributed by atoms with van der Waals surface area (Å²) in [7, 11) is -3.77. The molecule has 10 heteroatoms. The van der Waals surface area contributed by atoms with E-state index < -0.39 is 21.8 Å². The summed E-state index contributed by atoms with van der Waals surface area (Å²) < 4.78 is 31.6. The van der Waals surface area contributed by atoms with Crippen LogP contribution < -0.4 is 10.9 Å². The molecule has 0 atom stereocenters. The molecule has 1 aliphatic rings. The number of rotatable bonds is 4. The van der Waals surface area contributed by atoms with E-state index >= 15 is 0 Å². The Morgan fingerprint density at radius 1 is 0.963 bits per heavy atom. The molecule has 2 amide bonds. The molecule has 2 aromatic rings. The number of amides is 2. The van der Waals surface area contributed by atoms with Crippen LogP contribution in [-0.4, -0.2) is 37.6 Å². The number of hydrazine groups is 1. The summed E-state index contributed by atoms with van der Waals surface area (Å²) >= 11 is 5.92. The number of benzene rings is 1. The lowest BCUT2D eigenvalue weighted by Crippen LogP contribution is -2.41. The highest BCUT2D eigenvalue weighted by Crippen LogP contribution is 2.22. The molecule has 1 saturated heterocycles. The summed E-state index contributed by atoms with van der Waals surface area (Å²) in [5, 5.41) is -0.0656. The Morgan fingerprint density at radius 3 is 2.33 bits per heavy atom. The molecule has 0 bridgehead atoms. The number of carbonyl (C=O) groups is 2. The third kappa shape index (κ3) is 4.32. The predicted molar refractivity (Wildman–Crippen MR) is 97.7 cm³/mol. The number of piperidine rings is 1. The first kappa shape index (κ1) is 19.4. The number of furan rings is 1. The van der Waals surface area contributed by atoms with Crippen LogP contribution in [-0.2, 0) is 10.0 Å². The van der Waals surface area contributed by atoms with E-state index in [-0.39, 0.29) is 21.4 Å². The number of carbonyl (C=O) groups excluding carboxylic acids is 2. The minimum Gasteiger partial charge on any atom is -0.438 e. The highest BCUT2D eigenvalue weighted by Gasteiger charge is 2.29. The van der Waals surface area contributed by atoms with Crippen molar-refractivity contribution < 1.29 is 22.4 Å². The van der Waals surface area contributed by atoms with Crippen LogP contribution in [0.5, 0.6) is 0 Å². The molecule has 1 fully saturated rings. The lowest BCUT2D eigenvalue weighted by Gasteiger charge is -2.24. The SMILES string of the molecule is O=C(NNC(=O)c1ccccc1Cl)c1ccc(S(=O)(=O)N2CCCCC2)o1. The topological polar surface area (TPSA) is 109 Å². The molecule has 27 heavy (non-hydrogen) atoms. The Kier molecular flexibility index (Phi) is 5.83. The smallest absolute Gasteiger partial charge is 0.305 e. The summed E-state index contributed by atoms with van der Waals surface area (Å²) in [6.07, 6.45) is 2.58. The Balaban J connectivity index is 1.65. The van der Waals surface area contributed by atoms with Gasteiger partial charge in [0, 0.05) is 13.1 Å². The van der Waals surface area contributed by atoms with Crippen molar-refractivity contribution in [1.29, 1.82) is 0 Å². The molecule has 0 spiro atoms. The third-order valence-corrected chi connectivity index (χ3v) is 6.22. The van der Waals surface area contributed by atoms with Crippen molar-refractivity contribution in [3.63, 3.8) is 0 Å². The number of nitrogens with one attached hydrogen (secondary N) is 2. The van der Waals surface area contributed by atoms with Crippen LogP contribution >= 0.6 is 11.6 Å². The van der Waals surface area contributed by atoms with E-state index in [1.54, 1.807) is 18.2 Å². The zero-order valence-electron chi connectivity index (χ0n) is 14.3. The van der Waals surface area contributed by atoms with Crippen LogP contribution in [0.3, 0.4) is 0 Å². The second-order valence-electron chi connectivity index (χ2n) is 5.97. The summed E-state index contributed by atoms with van der Waals surface area (Å²) in [4.78, 5) is 24.1. The van der Waals surface area contributed by atoms with Gasteiger partial charge in [-0.15, -0.1) is 0 Å². The van der Waals surface area contributed by atoms with E-state index in [4.69, 9.17) is 16.0 Å². The number of sulfonamides is 1. The van der Waals surface area contributed by atoms with Crippen LogP contribution in [0.4, 0.5) is 0 Å². The molecule has 1 aliphatic heterocycles. The number of hydrogen-bond donors (Lipinski definition) is 2. The maximum Gasteiger partial charge on any atom is 0.305 e. The molecule has 0 radical (unpaired) electrons. The second-order valence-corrected chi connectivity index (χ2v) is 8.25. The molecule has 8 nitrogen and oxygen atoms in total. The van der Waals surface area contributed by atoms with E-state index in [1.165, 1.54) is 22.5 Å². The Labute approximate surface area is 161 Å². The van der Waals surface area contributed by atoms with Crippen molar-refractivity contribution in [2.45, 2.75) is 24.4 Å². The first-order valence-electron chi connectivity index (χ1n) is 8.35. The van der Waals surface area contributed by atoms with E-state index in [0.29, 0.717) is 13.1 Å². The predicted octanol–water partition coefficient (Wildman–Crippen LogP) is 2.18. The molecule has 2 N–H and O–H groups in total. The van der Waals surface area contributed by atoms with Crippen molar-refractivity contribution in [2.75, 3.05) is 13.1 Å². The van der Waals surface area contributed by atoms with Gasteiger partial charge in [0.15, 0.2) is 5.76 Å². The van der Waals surface area contributed by atoms with Gasteiger partial charge in [0.25, 0.3) is 15.9 Å². The second kappa shape index (κ2) is 8.12. The van der Waals surface area contributed by atoms with Gasteiger partial charge >= 0.3 is 5.91 Å². The van der Waals surface area contributed by atoms with E-state index in [2.05, 4.69) is 10.9 Å². The van der Waals surface area contributed by atoms with E-state index in [1.807, 2.05) is 0 Å². The Morgan fingerprint density at radius 2 is 1.63 bits per heavy atom. The van der Waals surface area contributed by atoms with Crippen LogP contribution in [0, 0.1) is 0 Å². The lowest BCUT2D eigenvalue weighted by atomic mass is 10.2. The van der Waals surface area contributed by atoms with Gasteiger partial charge in [-0.3, -0.25) is 20.4 Å². The summed E-state index contributed by atoms with van der Waals surface area (Å²) in [5.41, 5.74) is 4.56. The summed E-state index contributed by atoms with van der Waals surface area (Å²) in [6, 6.07) is 8.82. The fraction of sp³-hybridized carbons (Fsp3) is 0.294.